The highest BCUT2D eigenvalue weighted by molar-refractivity contribution is 4.60. The third kappa shape index (κ3) is 14.3. The maximum atomic E-state index is 2.79. The molecule has 0 aromatic carbocycles. The van der Waals surface area contributed by atoms with Gasteiger partial charge in [-0.25, -0.2) is 0 Å². The van der Waals surface area contributed by atoms with Crippen LogP contribution in [0.25, 0.3) is 0 Å². The summed E-state index contributed by atoms with van der Waals surface area (Å²) in [6.45, 7) is 6.41. The Labute approximate surface area is 154 Å². The van der Waals surface area contributed by atoms with Crippen LogP contribution in [0.3, 0.4) is 0 Å². The van der Waals surface area contributed by atoms with Gasteiger partial charge in [-0.05, 0) is 38.9 Å². The van der Waals surface area contributed by atoms with Crippen molar-refractivity contribution in [3.63, 3.8) is 0 Å². The largest absolute Gasteiger partial charge is 0.303 e. The molecule has 0 aliphatic carbocycles. The molecule has 1 heterocycles. The Balaban J connectivity index is 2.21. The van der Waals surface area contributed by atoms with Crippen LogP contribution in [0.2, 0.25) is 0 Å². The summed E-state index contributed by atoms with van der Waals surface area (Å²) in [5.74, 6) is 0. The summed E-state index contributed by atoms with van der Waals surface area (Å²) >= 11 is 0. The second kappa shape index (κ2) is 17.8. The molecule has 1 nitrogen and oxygen atoms in total. The smallest absolute Gasteiger partial charge is 0.00187 e. The first-order chi connectivity index (χ1) is 11.9. The first-order valence-corrected chi connectivity index (χ1v) is 11.7. The number of unbranched alkanes of at least 4 members (excludes halogenated alkanes) is 3. The highest BCUT2D eigenvalue weighted by Crippen LogP contribution is 2.15. The lowest BCUT2D eigenvalue weighted by molar-refractivity contribution is 0.254. The van der Waals surface area contributed by atoms with Gasteiger partial charge in [-0.2, -0.15) is 0 Å². The van der Waals surface area contributed by atoms with E-state index in [2.05, 4.69) is 11.8 Å². The maximum Gasteiger partial charge on any atom is -0.00187 e. The van der Waals surface area contributed by atoms with Crippen LogP contribution in [0, 0.1) is 0 Å². The number of hydrogen-bond donors (Lipinski definition) is 0. The fourth-order valence-electron chi connectivity index (χ4n) is 4.07. The van der Waals surface area contributed by atoms with Crippen LogP contribution in [0.5, 0.6) is 0 Å². The van der Waals surface area contributed by atoms with E-state index >= 15 is 0 Å². The molecule has 1 fully saturated rings. The molecule has 0 amide bonds. The zero-order valence-electron chi connectivity index (χ0n) is 17.0. The van der Waals surface area contributed by atoms with Crippen LogP contribution >= 0.6 is 0 Å². The summed E-state index contributed by atoms with van der Waals surface area (Å²) < 4.78 is 0. The molecule has 1 aliphatic rings. The standard InChI is InChI=1S/C23H47N/c1-2-3-4-18-21-24-22-19-16-14-12-10-8-6-5-7-9-11-13-15-17-20-23-24/h2-23H2,1H3. The molecule has 0 atom stereocenters. The van der Waals surface area contributed by atoms with E-state index in [0.717, 1.165) is 0 Å². The van der Waals surface area contributed by atoms with Crippen LogP contribution in [0.15, 0.2) is 0 Å². The second-order valence-electron chi connectivity index (χ2n) is 8.21. The lowest BCUT2D eigenvalue weighted by Crippen LogP contribution is -2.27. The maximum absolute atomic E-state index is 2.79. The Morgan fingerprint density at radius 3 is 1.21 bits per heavy atom. The molecule has 0 N–H and O–H groups in total. The van der Waals surface area contributed by atoms with E-state index < -0.39 is 0 Å². The fourth-order valence-corrected chi connectivity index (χ4v) is 4.07. The molecule has 1 heteroatoms. The highest BCUT2D eigenvalue weighted by atomic mass is 15.1. The van der Waals surface area contributed by atoms with Crippen molar-refractivity contribution in [3.05, 3.63) is 0 Å². The van der Waals surface area contributed by atoms with Gasteiger partial charge in [-0.3, -0.25) is 0 Å². The number of nitrogens with zero attached hydrogens (tertiary/aromatic N) is 1. The van der Waals surface area contributed by atoms with Crippen molar-refractivity contribution in [2.75, 3.05) is 19.6 Å². The predicted octanol–water partition coefficient (Wildman–Crippen LogP) is 7.73. The molecule has 0 unspecified atom stereocenters. The Morgan fingerprint density at radius 1 is 0.458 bits per heavy atom. The van der Waals surface area contributed by atoms with Crippen molar-refractivity contribution in [1.82, 2.24) is 4.90 Å². The van der Waals surface area contributed by atoms with Crippen molar-refractivity contribution in [2.45, 2.75) is 129 Å². The van der Waals surface area contributed by atoms with Crippen molar-refractivity contribution >= 4 is 0 Å². The van der Waals surface area contributed by atoms with E-state index in [-0.39, 0.29) is 0 Å². The van der Waals surface area contributed by atoms with Gasteiger partial charge in [0.05, 0.1) is 0 Å². The quantitative estimate of drug-likeness (QED) is 0.464. The van der Waals surface area contributed by atoms with Crippen LogP contribution in [0.1, 0.15) is 129 Å². The summed E-state index contributed by atoms with van der Waals surface area (Å²) in [5.41, 5.74) is 0. The summed E-state index contributed by atoms with van der Waals surface area (Å²) in [6.07, 6.45) is 27.8. The van der Waals surface area contributed by atoms with Gasteiger partial charge in [0.25, 0.3) is 0 Å². The highest BCUT2D eigenvalue weighted by Gasteiger charge is 2.05. The Hall–Kier alpha value is -0.0400. The number of rotatable bonds is 5. The fraction of sp³-hybridized carbons (Fsp3) is 1.00. The molecule has 0 saturated carbocycles. The molecule has 0 spiro atoms. The minimum Gasteiger partial charge on any atom is -0.303 e. The Morgan fingerprint density at radius 2 is 0.833 bits per heavy atom. The van der Waals surface area contributed by atoms with Crippen LogP contribution in [-0.2, 0) is 0 Å². The lowest BCUT2D eigenvalue weighted by atomic mass is 10.0. The SMILES string of the molecule is CCCCCCN1CCCCCCCCCCCCCCCCC1. The van der Waals surface area contributed by atoms with Gasteiger partial charge in [0.1, 0.15) is 0 Å². The van der Waals surface area contributed by atoms with E-state index in [1.165, 1.54) is 142 Å². The van der Waals surface area contributed by atoms with Crippen molar-refractivity contribution in [2.24, 2.45) is 0 Å². The van der Waals surface area contributed by atoms with E-state index in [1.54, 1.807) is 0 Å². The van der Waals surface area contributed by atoms with Crippen LogP contribution in [-0.4, -0.2) is 24.5 Å². The van der Waals surface area contributed by atoms with Crippen LogP contribution in [0.4, 0.5) is 0 Å². The molecule has 0 radical (unpaired) electrons. The van der Waals surface area contributed by atoms with E-state index in [1.807, 2.05) is 0 Å². The molecule has 1 saturated heterocycles. The molecular formula is C23H47N. The summed E-state index contributed by atoms with van der Waals surface area (Å²) in [4.78, 5) is 2.79. The van der Waals surface area contributed by atoms with Crippen molar-refractivity contribution in [1.29, 1.82) is 0 Å². The van der Waals surface area contributed by atoms with Gasteiger partial charge in [0.2, 0.25) is 0 Å². The average molecular weight is 338 g/mol. The van der Waals surface area contributed by atoms with Crippen LogP contribution < -0.4 is 0 Å². The molecule has 144 valence electrons. The molecule has 1 rings (SSSR count). The Kier molecular flexibility index (Phi) is 16.3. The monoisotopic (exact) mass is 337 g/mol. The van der Waals surface area contributed by atoms with Crippen molar-refractivity contribution in [3.8, 4) is 0 Å². The summed E-state index contributed by atoms with van der Waals surface area (Å²) in [5, 5.41) is 0. The average Bonchev–Trinajstić information content (AvgIpc) is 2.59. The second-order valence-corrected chi connectivity index (χ2v) is 8.21. The van der Waals surface area contributed by atoms with Gasteiger partial charge in [0.15, 0.2) is 0 Å². The molecule has 24 heavy (non-hydrogen) atoms. The minimum absolute atomic E-state index is 1.36. The first-order valence-electron chi connectivity index (χ1n) is 11.7. The zero-order chi connectivity index (χ0) is 17.1. The molecule has 0 aromatic heterocycles. The third-order valence-corrected chi connectivity index (χ3v) is 5.78. The third-order valence-electron chi connectivity index (χ3n) is 5.78. The minimum atomic E-state index is 1.36. The summed E-state index contributed by atoms with van der Waals surface area (Å²) in [7, 11) is 0. The first kappa shape index (κ1) is 22.0. The van der Waals surface area contributed by atoms with E-state index in [0.29, 0.717) is 0 Å². The molecule has 1 aliphatic heterocycles. The topological polar surface area (TPSA) is 3.24 Å². The number of hydrogen-bond acceptors (Lipinski definition) is 1. The van der Waals surface area contributed by atoms with Gasteiger partial charge in [0, 0.05) is 0 Å². The van der Waals surface area contributed by atoms with Crippen molar-refractivity contribution < 1.29 is 0 Å². The van der Waals surface area contributed by atoms with E-state index in [9.17, 15) is 0 Å². The lowest BCUT2D eigenvalue weighted by Gasteiger charge is -2.22. The normalized spacial score (nSPS) is 21.9. The van der Waals surface area contributed by atoms with Gasteiger partial charge >= 0.3 is 0 Å². The molecule has 0 bridgehead atoms. The summed E-state index contributed by atoms with van der Waals surface area (Å²) in [6, 6.07) is 0. The van der Waals surface area contributed by atoms with Gasteiger partial charge < -0.3 is 4.90 Å². The van der Waals surface area contributed by atoms with Gasteiger partial charge in [-0.1, -0.05) is 110 Å². The zero-order valence-corrected chi connectivity index (χ0v) is 17.0. The van der Waals surface area contributed by atoms with Gasteiger partial charge in [-0.15, -0.1) is 0 Å². The van der Waals surface area contributed by atoms with E-state index in [4.69, 9.17) is 0 Å². The predicted molar refractivity (Wildman–Crippen MR) is 110 cm³/mol. The molecule has 0 aromatic rings. The molecular weight excluding hydrogens is 290 g/mol. The Bertz CT molecular complexity index is 220.